The van der Waals surface area contributed by atoms with Gasteiger partial charge in [0.2, 0.25) is 5.91 Å². The zero-order valence-corrected chi connectivity index (χ0v) is 22.6. The number of carbonyl (C=O) groups excluding carboxylic acids is 1. The van der Waals surface area contributed by atoms with Crippen LogP contribution in [0.15, 0.2) is 48.6 Å². The number of nitrogens with zero attached hydrogens (tertiary/aromatic N) is 2. The average molecular weight is 527 g/mol. The molecule has 7 heteroatoms. The summed E-state index contributed by atoms with van der Waals surface area (Å²) in [5, 5.41) is 22.4. The number of hydrogen-bond acceptors (Lipinski definition) is 5. The van der Waals surface area contributed by atoms with E-state index in [9.17, 15) is 15.0 Å². The summed E-state index contributed by atoms with van der Waals surface area (Å²) in [6.45, 7) is 2.18. The van der Waals surface area contributed by atoms with Gasteiger partial charge in [-0.2, -0.15) is 0 Å². The summed E-state index contributed by atoms with van der Waals surface area (Å²) in [5.74, 6) is 0.535. The molecule has 2 N–H and O–H groups in total. The Morgan fingerprint density at radius 2 is 1.76 bits per heavy atom. The van der Waals surface area contributed by atoms with Crippen molar-refractivity contribution in [3.05, 3.63) is 70.3 Å². The van der Waals surface area contributed by atoms with E-state index < -0.39 is 12.2 Å². The molecule has 1 amide bonds. The fourth-order valence-electron chi connectivity index (χ4n) is 5.10. The Kier molecular flexibility index (Phi) is 9.52. The first kappa shape index (κ1) is 27.5. The lowest BCUT2D eigenvalue weighted by atomic mass is 9.89. The molecule has 200 valence electrons. The number of halogens is 1. The van der Waals surface area contributed by atoms with Crippen LogP contribution in [0, 0.1) is 0 Å². The van der Waals surface area contributed by atoms with E-state index in [-0.39, 0.29) is 12.3 Å². The lowest BCUT2D eigenvalue weighted by Gasteiger charge is -2.32. The number of ether oxygens (including phenoxy) is 1. The maximum absolute atomic E-state index is 12.9. The zero-order chi connectivity index (χ0) is 26.3. The molecule has 4 rings (SSSR count). The fourth-order valence-corrected chi connectivity index (χ4v) is 5.29. The lowest BCUT2D eigenvalue weighted by Crippen LogP contribution is -2.39. The highest BCUT2D eigenvalue weighted by atomic mass is 35.5. The Morgan fingerprint density at radius 1 is 0.973 bits per heavy atom. The van der Waals surface area contributed by atoms with E-state index in [0.717, 1.165) is 80.1 Å². The molecule has 0 spiro atoms. The molecule has 1 atom stereocenters. The summed E-state index contributed by atoms with van der Waals surface area (Å²) in [6, 6.07) is 11.5. The second kappa shape index (κ2) is 12.8. The largest absolute Gasteiger partial charge is 0.487 e. The summed E-state index contributed by atoms with van der Waals surface area (Å²) in [5.41, 5.74) is 2.08. The Balaban J connectivity index is 1.72. The first-order valence-electron chi connectivity index (χ1n) is 13.4. The van der Waals surface area contributed by atoms with Crippen molar-refractivity contribution in [1.82, 2.24) is 4.90 Å². The van der Waals surface area contributed by atoms with Crippen molar-refractivity contribution in [2.45, 2.75) is 63.6 Å². The smallest absolute Gasteiger partial charge is 0.225 e. The number of fused-ring (bicyclic) bond motifs is 2. The van der Waals surface area contributed by atoms with Crippen LogP contribution >= 0.6 is 11.6 Å². The number of hydrogen-bond donors (Lipinski definition) is 2. The van der Waals surface area contributed by atoms with Gasteiger partial charge in [0.1, 0.15) is 18.0 Å². The Morgan fingerprint density at radius 3 is 2.57 bits per heavy atom. The number of benzene rings is 2. The molecule has 0 saturated carbocycles. The molecule has 6 nitrogen and oxygen atoms in total. The minimum atomic E-state index is -1.67. The van der Waals surface area contributed by atoms with Gasteiger partial charge in [0.15, 0.2) is 0 Å². The van der Waals surface area contributed by atoms with E-state index in [0.29, 0.717) is 18.7 Å². The van der Waals surface area contributed by atoms with E-state index in [1.807, 2.05) is 30.3 Å². The standard InChI is InChI=1S/C30H39ClN2O4/c1-32-15-7-4-2-3-5-8-16-33-17-9-6-10-23-18-26(31)13-11-24(23)21-37-28-14-12-25(19-27(28)33)30(36,22-34)20-29(32)35/h2,4,11-14,18-19,34,36H,3,5-10,15-17,20-22H2,1H3/b4-2+/t30-/m1/s1. The minimum Gasteiger partial charge on any atom is -0.487 e. The van der Waals surface area contributed by atoms with Gasteiger partial charge >= 0.3 is 0 Å². The van der Waals surface area contributed by atoms with Crippen LogP contribution in [0.5, 0.6) is 5.75 Å². The van der Waals surface area contributed by atoms with Crippen molar-refractivity contribution in [1.29, 1.82) is 0 Å². The van der Waals surface area contributed by atoms with Crippen LogP contribution < -0.4 is 9.64 Å². The number of aliphatic hydroxyl groups excluding tert-OH is 1. The van der Waals surface area contributed by atoms with Crippen LogP contribution in [0.4, 0.5) is 5.69 Å². The molecule has 0 aliphatic carbocycles. The quantitative estimate of drug-likeness (QED) is 0.498. The molecular weight excluding hydrogens is 488 g/mol. The van der Waals surface area contributed by atoms with Gasteiger partial charge in [-0.3, -0.25) is 4.79 Å². The first-order valence-corrected chi connectivity index (χ1v) is 13.8. The number of rotatable bonds is 1. The van der Waals surface area contributed by atoms with Crippen molar-refractivity contribution in [3.63, 3.8) is 0 Å². The van der Waals surface area contributed by atoms with Crippen LogP contribution in [0.3, 0.4) is 0 Å². The van der Waals surface area contributed by atoms with Gasteiger partial charge in [-0.25, -0.2) is 0 Å². The Hall–Kier alpha value is -2.54. The molecule has 0 fully saturated rings. The van der Waals surface area contributed by atoms with Crippen molar-refractivity contribution in [2.24, 2.45) is 0 Å². The monoisotopic (exact) mass is 526 g/mol. The third-order valence-corrected chi connectivity index (χ3v) is 7.73. The summed E-state index contributed by atoms with van der Waals surface area (Å²) >= 11 is 6.28. The van der Waals surface area contributed by atoms with Gasteiger partial charge in [0, 0.05) is 31.7 Å². The Bertz CT molecular complexity index is 1100. The van der Waals surface area contributed by atoms with E-state index in [1.54, 1.807) is 18.0 Å². The van der Waals surface area contributed by atoms with Crippen LogP contribution in [0.25, 0.3) is 0 Å². The van der Waals surface area contributed by atoms with Gasteiger partial charge in [-0.1, -0.05) is 35.9 Å². The number of anilines is 1. The van der Waals surface area contributed by atoms with Crippen LogP contribution in [0.2, 0.25) is 5.02 Å². The maximum atomic E-state index is 12.9. The molecule has 2 heterocycles. The molecule has 2 aromatic carbocycles. The van der Waals surface area contributed by atoms with Crippen molar-refractivity contribution in [3.8, 4) is 5.75 Å². The van der Waals surface area contributed by atoms with Gasteiger partial charge in [0.25, 0.3) is 0 Å². The molecule has 0 saturated heterocycles. The molecule has 37 heavy (non-hydrogen) atoms. The van der Waals surface area contributed by atoms with Gasteiger partial charge in [-0.05, 0) is 85.9 Å². The van der Waals surface area contributed by atoms with Crippen molar-refractivity contribution >= 4 is 23.2 Å². The molecule has 2 aliphatic heterocycles. The van der Waals surface area contributed by atoms with E-state index in [1.165, 1.54) is 5.56 Å². The highest BCUT2D eigenvalue weighted by Crippen LogP contribution is 2.37. The number of amides is 1. The van der Waals surface area contributed by atoms with Gasteiger partial charge in [0.05, 0.1) is 18.7 Å². The predicted molar refractivity (Wildman–Crippen MR) is 148 cm³/mol. The topological polar surface area (TPSA) is 73.2 Å². The predicted octanol–water partition coefficient (Wildman–Crippen LogP) is 5.22. The van der Waals surface area contributed by atoms with Gasteiger partial charge < -0.3 is 24.7 Å². The van der Waals surface area contributed by atoms with Crippen molar-refractivity contribution < 1.29 is 19.7 Å². The second-order valence-corrected chi connectivity index (χ2v) is 10.7. The third-order valence-electron chi connectivity index (χ3n) is 7.49. The second-order valence-electron chi connectivity index (χ2n) is 10.3. The molecular formula is C30H39ClN2O4. The zero-order valence-electron chi connectivity index (χ0n) is 21.8. The molecule has 2 bridgehead atoms. The Labute approximate surface area is 225 Å². The molecule has 0 aromatic heterocycles. The SMILES string of the molecule is CN1CC/C=C/CCCCN2CCCCc3cc(Cl)ccc3COc3ccc(cc32)[C@](O)(CO)CC1=O. The third kappa shape index (κ3) is 7.07. The fraction of sp³-hybridized carbons (Fsp3) is 0.500. The first-order chi connectivity index (χ1) is 17.9. The van der Waals surface area contributed by atoms with E-state index in [4.69, 9.17) is 16.3 Å². The lowest BCUT2D eigenvalue weighted by molar-refractivity contribution is -0.137. The maximum Gasteiger partial charge on any atom is 0.225 e. The summed E-state index contributed by atoms with van der Waals surface area (Å²) < 4.78 is 6.38. The van der Waals surface area contributed by atoms with Crippen LogP contribution in [0.1, 0.15) is 61.6 Å². The minimum absolute atomic E-state index is 0.183. The number of allylic oxidation sites excluding steroid dienone is 1. The van der Waals surface area contributed by atoms with Crippen LogP contribution in [-0.2, 0) is 23.4 Å². The highest BCUT2D eigenvalue weighted by molar-refractivity contribution is 6.30. The number of aryl methyl sites for hydroxylation is 1. The van der Waals surface area contributed by atoms with E-state index in [2.05, 4.69) is 17.1 Å². The summed E-state index contributed by atoms with van der Waals surface area (Å²) in [6.07, 6.45) is 11.0. The molecule has 0 unspecified atom stereocenters. The van der Waals surface area contributed by atoms with E-state index >= 15 is 0 Å². The molecule has 0 radical (unpaired) electrons. The van der Waals surface area contributed by atoms with Crippen molar-refractivity contribution in [2.75, 3.05) is 38.2 Å². The highest BCUT2D eigenvalue weighted by Gasteiger charge is 2.34. The number of aliphatic hydroxyl groups is 2. The molecule has 2 aliphatic rings. The number of carbonyl (C=O) groups is 1. The van der Waals surface area contributed by atoms with Crippen LogP contribution in [-0.4, -0.2) is 54.3 Å². The normalized spacial score (nSPS) is 23.0. The summed E-state index contributed by atoms with van der Waals surface area (Å²) in [4.78, 5) is 16.9. The summed E-state index contributed by atoms with van der Waals surface area (Å²) in [7, 11) is 1.74. The molecule has 2 aromatic rings. The average Bonchev–Trinajstić information content (AvgIpc) is 2.92. The van der Waals surface area contributed by atoms with Gasteiger partial charge in [-0.15, -0.1) is 0 Å².